The van der Waals surface area contributed by atoms with Crippen LogP contribution in [0.5, 0.6) is 0 Å². The van der Waals surface area contributed by atoms with Crippen molar-refractivity contribution >= 4 is 28.9 Å². The van der Waals surface area contributed by atoms with E-state index in [0.717, 1.165) is 25.3 Å². The SMILES string of the molecule is Nc1ccc(C(=O)Nc2cccc(CN3CCCCC3)c2)c(Cl)c1. The molecule has 0 radical (unpaired) electrons. The zero-order chi connectivity index (χ0) is 16.9. The summed E-state index contributed by atoms with van der Waals surface area (Å²) in [6, 6.07) is 12.9. The first-order valence-corrected chi connectivity index (χ1v) is 8.67. The Kier molecular flexibility index (Phi) is 5.38. The summed E-state index contributed by atoms with van der Waals surface area (Å²) in [4.78, 5) is 14.9. The first-order valence-electron chi connectivity index (χ1n) is 8.29. The van der Waals surface area contributed by atoms with E-state index in [4.69, 9.17) is 17.3 Å². The number of halogens is 1. The average Bonchev–Trinajstić information content (AvgIpc) is 2.56. The Morgan fingerprint density at radius 1 is 1.12 bits per heavy atom. The van der Waals surface area contributed by atoms with E-state index in [1.165, 1.54) is 24.8 Å². The predicted octanol–water partition coefficient (Wildman–Crippen LogP) is 4.16. The van der Waals surface area contributed by atoms with Gasteiger partial charge in [0.1, 0.15) is 0 Å². The zero-order valence-electron chi connectivity index (χ0n) is 13.6. The first-order chi connectivity index (χ1) is 11.6. The first kappa shape index (κ1) is 16.8. The Morgan fingerprint density at radius 2 is 1.92 bits per heavy atom. The molecule has 1 fully saturated rings. The minimum absolute atomic E-state index is 0.227. The fourth-order valence-corrected chi connectivity index (χ4v) is 3.31. The molecule has 3 rings (SSSR count). The van der Waals surface area contributed by atoms with Crippen molar-refractivity contribution in [2.75, 3.05) is 24.1 Å². The number of nitrogens with two attached hydrogens (primary N) is 1. The third kappa shape index (κ3) is 4.28. The third-order valence-electron chi connectivity index (χ3n) is 4.28. The van der Waals surface area contributed by atoms with Gasteiger partial charge in [0.25, 0.3) is 5.91 Å². The lowest BCUT2D eigenvalue weighted by atomic mass is 10.1. The van der Waals surface area contributed by atoms with Crippen molar-refractivity contribution in [3.05, 3.63) is 58.6 Å². The number of anilines is 2. The van der Waals surface area contributed by atoms with Gasteiger partial charge in [-0.15, -0.1) is 0 Å². The van der Waals surface area contributed by atoms with Crippen LogP contribution in [-0.2, 0) is 6.54 Å². The van der Waals surface area contributed by atoms with Gasteiger partial charge in [-0.05, 0) is 61.8 Å². The molecule has 1 aliphatic heterocycles. The van der Waals surface area contributed by atoms with E-state index in [0.29, 0.717) is 16.3 Å². The molecule has 0 spiro atoms. The van der Waals surface area contributed by atoms with Crippen LogP contribution in [-0.4, -0.2) is 23.9 Å². The summed E-state index contributed by atoms with van der Waals surface area (Å²) in [5.41, 5.74) is 8.62. The monoisotopic (exact) mass is 343 g/mol. The van der Waals surface area contributed by atoms with Crippen molar-refractivity contribution in [1.82, 2.24) is 4.90 Å². The molecule has 1 saturated heterocycles. The lowest BCUT2D eigenvalue weighted by molar-refractivity contribution is 0.102. The van der Waals surface area contributed by atoms with Crippen molar-refractivity contribution in [2.45, 2.75) is 25.8 Å². The lowest BCUT2D eigenvalue weighted by Crippen LogP contribution is -2.29. The van der Waals surface area contributed by atoms with E-state index >= 15 is 0 Å². The molecule has 3 N–H and O–H groups in total. The van der Waals surface area contributed by atoms with Crippen LogP contribution in [0.1, 0.15) is 35.2 Å². The number of benzene rings is 2. The van der Waals surface area contributed by atoms with E-state index in [-0.39, 0.29) is 5.91 Å². The van der Waals surface area contributed by atoms with Crippen molar-refractivity contribution in [1.29, 1.82) is 0 Å². The highest BCUT2D eigenvalue weighted by Crippen LogP contribution is 2.21. The van der Waals surface area contributed by atoms with Gasteiger partial charge in [0.2, 0.25) is 0 Å². The molecule has 0 saturated carbocycles. The summed E-state index contributed by atoms with van der Waals surface area (Å²) < 4.78 is 0. The molecule has 1 heterocycles. The summed E-state index contributed by atoms with van der Waals surface area (Å²) in [5.74, 6) is -0.227. The molecule has 126 valence electrons. The third-order valence-corrected chi connectivity index (χ3v) is 4.59. The molecule has 1 aliphatic rings. The van der Waals surface area contributed by atoms with E-state index in [2.05, 4.69) is 16.3 Å². The molecule has 0 aliphatic carbocycles. The molecule has 5 heteroatoms. The van der Waals surface area contributed by atoms with Crippen LogP contribution in [0.25, 0.3) is 0 Å². The van der Waals surface area contributed by atoms with Gasteiger partial charge in [0, 0.05) is 17.9 Å². The van der Waals surface area contributed by atoms with E-state index in [1.54, 1.807) is 18.2 Å². The van der Waals surface area contributed by atoms with Crippen LogP contribution >= 0.6 is 11.6 Å². The van der Waals surface area contributed by atoms with Crippen molar-refractivity contribution < 1.29 is 4.79 Å². The summed E-state index contributed by atoms with van der Waals surface area (Å²) in [6.45, 7) is 3.22. The Morgan fingerprint density at radius 3 is 2.67 bits per heavy atom. The summed E-state index contributed by atoms with van der Waals surface area (Å²) in [6.07, 6.45) is 3.87. The second kappa shape index (κ2) is 7.69. The molecule has 0 aromatic heterocycles. The molecule has 24 heavy (non-hydrogen) atoms. The van der Waals surface area contributed by atoms with Gasteiger partial charge in [0.15, 0.2) is 0 Å². The van der Waals surface area contributed by atoms with Crippen LogP contribution in [0.2, 0.25) is 5.02 Å². The number of hydrogen-bond donors (Lipinski definition) is 2. The zero-order valence-corrected chi connectivity index (χ0v) is 14.4. The number of piperidine rings is 1. The van der Waals surface area contributed by atoms with Gasteiger partial charge in [0.05, 0.1) is 10.6 Å². The van der Waals surface area contributed by atoms with Gasteiger partial charge < -0.3 is 11.1 Å². The summed E-state index contributed by atoms with van der Waals surface area (Å²) in [7, 11) is 0. The fourth-order valence-electron chi connectivity index (χ4n) is 3.04. The van der Waals surface area contributed by atoms with E-state index in [1.807, 2.05) is 18.2 Å². The second-order valence-electron chi connectivity index (χ2n) is 6.23. The number of nitrogens with zero attached hydrogens (tertiary/aromatic N) is 1. The fraction of sp³-hybridized carbons (Fsp3) is 0.316. The number of nitrogens with one attached hydrogen (secondary N) is 1. The van der Waals surface area contributed by atoms with Gasteiger partial charge in [-0.3, -0.25) is 9.69 Å². The highest BCUT2D eigenvalue weighted by Gasteiger charge is 2.13. The lowest BCUT2D eigenvalue weighted by Gasteiger charge is -2.26. The molecular formula is C19H22ClN3O. The number of carbonyl (C=O) groups is 1. The van der Waals surface area contributed by atoms with Gasteiger partial charge in [-0.2, -0.15) is 0 Å². The maximum Gasteiger partial charge on any atom is 0.257 e. The topological polar surface area (TPSA) is 58.4 Å². The number of nitrogen functional groups attached to an aromatic ring is 1. The van der Waals surface area contributed by atoms with Crippen LogP contribution in [0.4, 0.5) is 11.4 Å². The number of amides is 1. The molecule has 2 aromatic rings. The van der Waals surface area contributed by atoms with E-state index in [9.17, 15) is 4.79 Å². The molecule has 0 bridgehead atoms. The number of carbonyl (C=O) groups excluding carboxylic acids is 1. The Balaban J connectivity index is 1.68. The standard InChI is InChI=1S/C19H22ClN3O/c20-18-12-15(21)7-8-17(18)19(24)22-16-6-4-5-14(11-16)13-23-9-2-1-3-10-23/h4-8,11-12H,1-3,9-10,13,21H2,(H,22,24). The van der Waals surface area contributed by atoms with Gasteiger partial charge in [-0.1, -0.05) is 30.2 Å². The second-order valence-corrected chi connectivity index (χ2v) is 6.64. The maximum atomic E-state index is 12.4. The van der Waals surface area contributed by atoms with Gasteiger partial charge in [-0.25, -0.2) is 0 Å². The van der Waals surface area contributed by atoms with Crippen LogP contribution in [0.3, 0.4) is 0 Å². The summed E-state index contributed by atoms with van der Waals surface area (Å²) >= 11 is 6.10. The van der Waals surface area contributed by atoms with Gasteiger partial charge >= 0.3 is 0 Å². The normalized spacial score (nSPS) is 15.2. The van der Waals surface area contributed by atoms with Crippen molar-refractivity contribution in [2.24, 2.45) is 0 Å². The highest BCUT2D eigenvalue weighted by atomic mass is 35.5. The average molecular weight is 344 g/mol. The molecule has 0 atom stereocenters. The van der Waals surface area contributed by atoms with Crippen LogP contribution in [0, 0.1) is 0 Å². The number of hydrogen-bond acceptors (Lipinski definition) is 3. The molecule has 1 amide bonds. The van der Waals surface area contributed by atoms with Crippen molar-refractivity contribution in [3.63, 3.8) is 0 Å². The Hall–Kier alpha value is -2.04. The van der Waals surface area contributed by atoms with Crippen LogP contribution in [0.15, 0.2) is 42.5 Å². The molecule has 0 unspecified atom stereocenters. The Labute approximate surface area is 147 Å². The predicted molar refractivity (Wildman–Crippen MR) is 99.4 cm³/mol. The molecular weight excluding hydrogens is 322 g/mol. The molecule has 2 aromatic carbocycles. The number of likely N-dealkylation sites (tertiary alicyclic amines) is 1. The van der Waals surface area contributed by atoms with Crippen LogP contribution < -0.4 is 11.1 Å². The smallest absolute Gasteiger partial charge is 0.257 e. The van der Waals surface area contributed by atoms with E-state index < -0.39 is 0 Å². The molecule has 4 nitrogen and oxygen atoms in total. The minimum atomic E-state index is -0.227. The summed E-state index contributed by atoms with van der Waals surface area (Å²) in [5, 5.41) is 3.27. The highest BCUT2D eigenvalue weighted by molar-refractivity contribution is 6.34. The quantitative estimate of drug-likeness (QED) is 0.819. The number of rotatable bonds is 4. The Bertz CT molecular complexity index is 726. The minimum Gasteiger partial charge on any atom is -0.399 e. The van der Waals surface area contributed by atoms with Crippen molar-refractivity contribution in [3.8, 4) is 0 Å². The maximum absolute atomic E-state index is 12.4. The largest absolute Gasteiger partial charge is 0.399 e.